The van der Waals surface area contributed by atoms with Crippen molar-refractivity contribution in [2.75, 3.05) is 4.90 Å². The zero-order valence-electron chi connectivity index (χ0n) is 20.9. The van der Waals surface area contributed by atoms with E-state index in [0.29, 0.717) is 5.69 Å². The number of nitrogens with zero attached hydrogens (tertiary/aromatic N) is 1. The number of hydrogen-bond acceptors (Lipinski definition) is 1. The van der Waals surface area contributed by atoms with Crippen LogP contribution in [0, 0.1) is 12.7 Å². The fourth-order valence-electron chi connectivity index (χ4n) is 5.53. The normalized spacial score (nSPS) is 14.0. The van der Waals surface area contributed by atoms with Gasteiger partial charge in [-0.3, -0.25) is 0 Å². The first-order valence-electron chi connectivity index (χ1n) is 12.0. The van der Waals surface area contributed by atoms with E-state index >= 15 is 4.39 Å². The topological polar surface area (TPSA) is 3.24 Å². The van der Waals surface area contributed by atoms with Crippen molar-refractivity contribution in [3.63, 3.8) is 0 Å². The number of benzene rings is 4. The Morgan fingerprint density at radius 1 is 0.676 bits per heavy atom. The van der Waals surface area contributed by atoms with Crippen LogP contribution in [0.15, 0.2) is 84.9 Å². The molecule has 4 aromatic carbocycles. The summed E-state index contributed by atoms with van der Waals surface area (Å²) in [6.45, 7) is 12.9. The van der Waals surface area contributed by atoms with Gasteiger partial charge in [-0.25, -0.2) is 4.39 Å². The highest BCUT2D eigenvalue weighted by atomic mass is 19.1. The molecule has 0 fully saturated rings. The van der Waals surface area contributed by atoms with Crippen molar-refractivity contribution < 1.29 is 4.39 Å². The molecule has 0 N–H and O–H groups in total. The summed E-state index contributed by atoms with van der Waals surface area (Å²) in [5, 5.41) is 0. The third-order valence-corrected chi connectivity index (χ3v) is 7.19. The largest absolute Gasteiger partial charge is 0.333 e. The lowest BCUT2D eigenvalue weighted by Gasteiger charge is -2.39. The van der Waals surface area contributed by atoms with Crippen LogP contribution in [0.2, 0.25) is 0 Å². The van der Waals surface area contributed by atoms with Crippen molar-refractivity contribution in [2.24, 2.45) is 0 Å². The third kappa shape index (κ3) is 3.44. The van der Waals surface area contributed by atoms with Crippen LogP contribution in [-0.4, -0.2) is 5.54 Å². The molecule has 0 radical (unpaired) electrons. The van der Waals surface area contributed by atoms with Gasteiger partial charge in [0.15, 0.2) is 0 Å². The Labute approximate surface area is 202 Å². The molecule has 0 aromatic heterocycles. The van der Waals surface area contributed by atoms with E-state index in [0.717, 1.165) is 22.4 Å². The van der Waals surface area contributed by atoms with E-state index in [2.05, 4.69) is 119 Å². The van der Waals surface area contributed by atoms with Gasteiger partial charge in [0.25, 0.3) is 0 Å². The second-order valence-electron chi connectivity index (χ2n) is 10.8. The van der Waals surface area contributed by atoms with Crippen molar-refractivity contribution in [1.29, 1.82) is 0 Å². The summed E-state index contributed by atoms with van der Waals surface area (Å²) in [7, 11) is 0. The van der Waals surface area contributed by atoms with Gasteiger partial charge < -0.3 is 4.90 Å². The molecular weight excluding hydrogens is 417 g/mol. The second-order valence-corrected chi connectivity index (χ2v) is 10.8. The predicted molar refractivity (Wildman–Crippen MR) is 142 cm³/mol. The number of hydrogen-bond donors (Lipinski definition) is 0. The first kappa shape index (κ1) is 22.4. The number of rotatable bonds is 3. The van der Waals surface area contributed by atoms with E-state index in [1.54, 1.807) is 6.07 Å². The van der Waals surface area contributed by atoms with Crippen molar-refractivity contribution in [2.45, 2.75) is 52.5 Å². The molecule has 0 saturated heterocycles. The van der Waals surface area contributed by atoms with Crippen LogP contribution in [-0.2, 0) is 5.41 Å². The summed E-state index contributed by atoms with van der Waals surface area (Å²) < 4.78 is 16.0. The van der Waals surface area contributed by atoms with E-state index in [1.807, 2.05) is 6.07 Å². The molecule has 5 rings (SSSR count). The molecule has 0 saturated carbocycles. The van der Waals surface area contributed by atoms with Crippen LogP contribution in [0.3, 0.4) is 0 Å². The molecule has 0 unspecified atom stereocenters. The minimum atomic E-state index is -0.331. The minimum Gasteiger partial charge on any atom is -0.333 e. The van der Waals surface area contributed by atoms with Crippen LogP contribution in [0.4, 0.5) is 15.8 Å². The quantitative estimate of drug-likeness (QED) is 0.301. The molecule has 0 atom stereocenters. The monoisotopic (exact) mass is 449 g/mol. The molecule has 0 heterocycles. The average molecular weight is 450 g/mol. The lowest BCUT2D eigenvalue weighted by atomic mass is 9.82. The van der Waals surface area contributed by atoms with Gasteiger partial charge in [0.1, 0.15) is 5.82 Å². The first-order chi connectivity index (χ1) is 16.1. The van der Waals surface area contributed by atoms with Crippen molar-refractivity contribution in [3.05, 3.63) is 107 Å². The van der Waals surface area contributed by atoms with Crippen LogP contribution in [0.25, 0.3) is 22.3 Å². The summed E-state index contributed by atoms with van der Waals surface area (Å²) in [5.41, 5.74) is 9.21. The van der Waals surface area contributed by atoms with Gasteiger partial charge in [-0.1, -0.05) is 80.6 Å². The molecule has 1 nitrogen and oxygen atoms in total. The van der Waals surface area contributed by atoms with E-state index in [9.17, 15) is 0 Å². The van der Waals surface area contributed by atoms with E-state index < -0.39 is 0 Å². The Bertz CT molecular complexity index is 1380. The van der Waals surface area contributed by atoms with Gasteiger partial charge in [0.2, 0.25) is 0 Å². The molecule has 0 amide bonds. The zero-order valence-corrected chi connectivity index (χ0v) is 20.9. The van der Waals surface area contributed by atoms with E-state index in [-0.39, 0.29) is 16.8 Å². The Morgan fingerprint density at radius 3 is 2.03 bits per heavy atom. The van der Waals surface area contributed by atoms with Crippen LogP contribution in [0.5, 0.6) is 0 Å². The van der Waals surface area contributed by atoms with Crippen molar-refractivity contribution >= 4 is 11.4 Å². The smallest absolute Gasteiger partial charge is 0.147 e. The number of fused-ring (bicyclic) bond motifs is 3. The van der Waals surface area contributed by atoms with Crippen LogP contribution in [0.1, 0.15) is 51.3 Å². The Kier molecular flexibility index (Phi) is 5.16. The maximum Gasteiger partial charge on any atom is 0.147 e. The maximum atomic E-state index is 16.0. The lowest BCUT2D eigenvalue weighted by molar-refractivity contribution is 0.539. The molecular formula is C32H32FN. The van der Waals surface area contributed by atoms with E-state index in [4.69, 9.17) is 0 Å². The molecule has 2 heteroatoms. The predicted octanol–water partition coefficient (Wildman–Crippen LogP) is 9.04. The van der Waals surface area contributed by atoms with Crippen LogP contribution >= 0.6 is 0 Å². The average Bonchev–Trinajstić information content (AvgIpc) is 3.02. The number of anilines is 2. The molecule has 1 aliphatic carbocycles. The summed E-state index contributed by atoms with van der Waals surface area (Å²) in [6, 6.07) is 29.0. The van der Waals surface area contributed by atoms with Gasteiger partial charge in [-0.05, 0) is 84.8 Å². The van der Waals surface area contributed by atoms with Crippen LogP contribution < -0.4 is 4.90 Å². The second kappa shape index (κ2) is 7.84. The molecule has 1 aliphatic rings. The zero-order chi connectivity index (χ0) is 24.3. The summed E-state index contributed by atoms with van der Waals surface area (Å²) in [5.74, 6) is -0.181. The Morgan fingerprint density at radius 2 is 1.32 bits per heavy atom. The Hall–Kier alpha value is -3.39. The SMILES string of the molecule is Cc1c(-c2ccccc2)cccc1N(c1cc2c(cc1F)C(C)(C)c1ccccc1-2)C(C)(C)C. The highest BCUT2D eigenvalue weighted by Crippen LogP contribution is 2.51. The summed E-state index contributed by atoms with van der Waals surface area (Å²) in [4.78, 5) is 2.16. The van der Waals surface area contributed by atoms with Crippen molar-refractivity contribution in [1.82, 2.24) is 0 Å². The Balaban J connectivity index is 1.73. The molecule has 4 aromatic rings. The van der Waals surface area contributed by atoms with Gasteiger partial charge >= 0.3 is 0 Å². The third-order valence-electron chi connectivity index (χ3n) is 7.19. The molecule has 0 bridgehead atoms. The van der Waals surface area contributed by atoms with Gasteiger partial charge in [-0.15, -0.1) is 0 Å². The fourth-order valence-corrected chi connectivity index (χ4v) is 5.53. The summed E-state index contributed by atoms with van der Waals surface area (Å²) in [6.07, 6.45) is 0. The molecule has 34 heavy (non-hydrogen) atoms. The highest BCUT2D eigenvalue weighted by molar-refractivity contribution is 5.86. The van der Waals surface area contributed by atoms with Gasteiger partial charge in [0.05, 0.1) is 5.69 Å². The standard InChI is InChI=1S/C32H32FN/c1-21-23(22-13-8-7-9-14-22)16-12-18-29(21)34(31(2,3)4)30-19-25-24-15-10-11-17-26(24)32(5,6)27(25)20-28(30)33/h7-20H,1-6H3. The maximum absolute atomic E-state index is 16.0. The van der Waals surface area contributed by atoms with Gasteiger partial charge in [-0.2, -0.15) is 0 Å². The molecule has 0 spiro atoms. The van der Waals surface area contributed by atoms with Crippen molar-refractivity contribution in [3.8, 4) is 22.3 Å². The van der Waals surface area contributed by atoms with Gasteiger partial charge in [0, 0.05) is 16.6 Å². The first-order valence-corrected chi connectivity index (χ1v) is 12.0. The lowest BCUT2D eigenvalue weighted by Crippen LogP contribution is -2.38. The highest BCUT2D eigenvalue weighted by Gasteiger charge is 2.37. The van der Waals surface area contributed by atoms with E-state index in [1.165, 1.54) is 22.3 Å². The molecule has 172 valence electrons. The molecule has 0 aliphatic heterocycles. The number of halogens is 1. The minimum absolute atomic E-state index is 0.181. The summed E-state index contributed by atoms with van der Waals surface area (Å²) >= 11 is 0. The fraction of sp³-hybridized carbons (Fsp3) is 0.250.